The van der Waals surface area contributed by atoms with Crippen molar-refractivity contribution < 1.29 is 18.0 Å². The number of benzene rings is 1. The van der Waals surface area contributed by atoms with Crippen LogP contribution >= 0.6 is 0 Å². The number of amides is 1. The van der Waals surface area contributed by atoms with Gasteiger partial charge in [-0.2, -0.15) is 13.2 Å². The van der Waals surface area contributed by atoms with Crippen molar-refractivity contribution in [3.8, 4) is 0 Å². The monoisotopic (exact) mass is 353 g/mol. The highest BCUT2D eigenvalue weighted by atomic mass is 19.4. The zero-order chi connectivity index (χ0) is 18.1. The fraction of sp³-hybridized carbons (Fsp3) is 0.611. The van der Waals surface area contributed by atoms with Crippen LogP contribution in [0.15, 0.2) is 12.1 Å². The van der Waals surface area contributed by atoms with Gasteiger partial charge >= 0.3 is 6.18 Å². The van der Waals surface area contributed by atoms with E-state index in [1.54, 1.807) is 6.07 Å². The Bertz CT molecular complexity index is 729. The van der Waals surface area contributed by atoms with Crippen molar-refractivity contribution in [2.75, 3.05) is 25.0 Å². The number of halogens is 3. The second kappa shape index (κ2) is 5.37. The van der Waals surface area contributed by atoms with Crippen LogP contribution in [0.5, 0.6) is 0 Å². The van der Waals surface area contributed by atoms with Crippen LogP contribution in [-0.2, 0) is 12.7 Å². The SMILES string of the molecule is CC(C)N1Cc2c(cc(N3CC4CC3CN4C)cc2C(F)(F)F)C1=O. The molecule has 4 nitrogen and oxygen atoms in total. The highest BCUT2D eigenvalue weighted by Crippen LogP contribution is 2.42. The van der Waals surface area contributed by atoms with Gasteiger partial charge in [0, 0.05) is 49.0 Å². The van der Waals surface area contributed by atoms with E-state index < -0.39 is 11.7 Å². The molecular formula is C18H22F3N3O. The molecule has 7 heteroatoms. The molecule has 2 saturated heterocycles. The molecule has 2 atom stereocenters. The third-order valence-corrected chi connectivity index (χ3v) is 5.83. The van der Waals surface area contributed by atoms with Crippen molar-refractivity contribution in [2.45, 2.75) is 51.1 Å². The van der Waals surface area contributed by atoms with Crippen molar-refractivity contribution in [3.63, 3.8) is 0 Å². The molecule has 25 heavy (non-hydrogen) atoms. The molecule has 0 aromatic heterocycles. The first-order chi connectivity index (χ1) is 11.7. The number of likely N-dealkylation sites (N-methyl/N-ethyl adjacent to an activating group) is 1. The summed E-state index contributed by atoms with van der Waals surface area (Å²) in [7, 11) is 2.05. The maximum absolute atomic E-state index is 13.7. The molecule has 1 aromatic rings. The number of rotatable bonds is 2. The zero-order valence-corrected chi connectivity index (χ0v) is 14.6. The fourth-order valence-corrected chi connectivity index (χ4v) is 4.43. The predicted molar refractivity (Wildman–Crippen MR) is 88.6 cm³/mol. The Morgan fingerprint density at radius 1 is 1.16 bits per heavy atom. The minimum absolute atomic E-state index is 0.0374. The standard InChI is InChI=1S/C18H22F3N3O/c1-10(2)23-9-15-14(17(23)25)5-11(6-16(15)18(19,20)21)24-8-12-4-13(24)7-22(12)3/h5-6,10,12-13H,4,7-9H2,1-3H3. The van der Waals surface area contributed by atoms with Gasteiger partial charge in [-0.05, 0) is 45.0 Å². The van der Waals surface area contributed by atoms with Crippen LogP contribution in [0, 0.1) is 0 Å². The Kier molecular flexibility index (Phi) is 3.58. The van der Waals surface area contributed by atoms with Crippen molar-refractivity contribution in [1.29, 1.82) is 0 Å². The van der Waals surface area contributed by atoms with Crippen LogP contribution < -0.4 is 4.90 Å². The predicted octanol–water partition coefficient (Wildman–Crippen LogP) is 2.96. The second-order valence-electron chi connectivity index (χ2n) is 7.68. The van der Waals surface area contributed by atoms with Crippen molar-refractivity contribution in [1.82, 2.24) is 9.80 Å². The minimum Gasteiger partial charge on any atom is -0.366 e. The van der Waals surface area contributed by atoms with Gasteiger partial charge < -0.3 is 9.80 Å². The first-order valence-corrected chi connectivity index (χ1v) is 8.68. The first kappa shape index (κ1) is 16.7. The average Bonchev–Trinajstić information content (AvgIpc) is 3.17. The molecule has 3 aliphatic rings. The molecular weight excluding hydrogens is 331 g/mol. The number of carbonyl (C=O) groups is 1. The Hall–Kier alpha value is -1.76. The Morgan fingerprint density at radius 2 is 1.88 bits per heavy atom. The maximum atomic E-state index is 13.7. The minimum atomic E-state index is -4.46. The van der Waals surface area contributed by atoms with Gasteiger partial charge in [-0.3, -0.25) is 9.69 Å². The van der Waals surface area contributed by atoms with E-state index in [1.165, 1.54) is 11.0 Å². The Labute approximate surface area is 145 Å². The zero-order valence-electron chi connectivity index (χ0n) is 14.6. The summed E-state index contributed by atoms with van der Waals surface area (Å²) in [5.41, 5.74) is 0.212. The van der Waals surface area contributed by atoms with Gasteiger partial charge in [0.15, 0.2) is 0 Å². The van der Waals surface area contributed by atoms with E-state index in [9.17, 15) is 18.0 Å². The number of alkyl halides is 3. The van der Waals surface area contributed by atoms with Crippen LogP contribution in [0.3, 0.4) is 0 Å². The smallest absolute Gasteiger partial charge is 0.366 e. The Morgan fingerprint density at radius 3 is 2.40 bits per heavy atom. The number of anilines is 1. The lowest BCUT2D eigenvalue weighted by atomic mass is 10.0. The van der Waals surface area contributed by atoms with Gasteiger partial charge in [0.2, 0.25) is 0 Å². The summed E-state index contributed by atoms with van der Waals surface area (Å²) in [6, 6.07) is 3.41. The van der Waals surface area contributed by atoms with E-state index >= 15 is 0 Å². The Balaban J connectivity index is 1.78. The molecule has 3 heterocycles. The number of hydrogen-bond donors (Lipinski definition) is 0. The van der Waals surface area contributed by atoms with E-state index in [0.717, 1.165) is 19.5 Å². The van der Waals surface area contributed by atoms with Gasteiger partial charge in [-0.25, -0.2) is 0 Å². The van der Waals surface area contributed by atoms with Gasteiger partial charge in [0.1, 0.15) is 0 Å². The van der Waals surface area contributed by atoms with E-state index in [0.29, 0.717) is 11.7 Å². The van der Waals surface area contributed by atoms with Crippen molar-refractivity contribution in [3.05, 3.63) is 28.8 Å². The molecule has 0 radical (unpaired) electrons. The molecule has 0 aliphatic carbocycles. The quantitative estimate of drug-likeness (QED) is 0.818. The number of hydrogen-bond acceptors (Lipinski definition) is 3. The normalized spacial score (nSPS) is 26.3. The molecule has 1 amide bonds. The molecule has 4 rings (SSSR count). The molecule has 2 unspecified atom stereocenters. The van der Waals surface area contributed by atoms with Gasteiger partial charge in [0.25, 0.3) is 5.91 Å². The molecule has 2 bridgehead atoms. The molecule has 0 saturated carbocycles. The summed E-state index contributed by atoms with van der Waals surface area (Å²) in [4.78, 5) is 18.4. The van der Waals surface area contributed by atoms with E-state index in [4.69, 9.17) is 0 Å². The molecule has 136 valence electrons. The highest BCUT2D eigenvalue weighted by Gasteiger charge is 2.45. The summed E-state index contributed by atoms with van der Waals surface area (Å²) >= 11 is 0. The van der Waals surface area contributed by atoms with Crippen LogP contribution in [0.2, 0.25) is 0 Å². The third kappa shape index (κ3) is 2.51. The van der Waals surface area contributed by atoms with E-state index in [1.807, 2.05) is 18.7 Å². The summed E-state index contributed by atoms with van der Waals surface area (Å²) in [5, 5.41) is 0. The summed E-state index contributed by atoms with van der Waals surface area (Å²) in [5.74, 6) is -0.293. The lowest BCUT2D eigenvalue weighted by molar-refractivity contribution is -0.138. The van der Waals surface area contributed by atoms with E-state index in [-0.39, 0.29) is 35.7 Å². The van der Waals surface area contributed by atoms with Crippen LogP contribution in [0.25, 0.3) is 0 Å². The molecule has 2 fully saturated rings. The summed E-state index contributed by atoms with van der Waals surface area (Å²) in [6.45, 7) is 5.27. The lowest BCUT2D eigenvalue weighted by Gasteiger charge is -2.34. The van der Waals surface area contributed by atoms with Crippen molar-refractivity contribution in [2.24, 2.45) is 0 Å². The van der Waals surface area contributed by atoms with Crippen LogP contribution in [-0.4, -0.2) is 54.0 Å². The second-order valence-corrected chi connectivity index (χ2v) is 7.68. The maximum Gasteiger partial charge on any atom is 0.416 e. The summed E-state index contributed by atoms with van der Waals surface area (Å²) < 4.78 is 41.0. The molecule has 0 spiro atoms. The molecule has 3 aliphatic heterocycles. The number of piperazine rings is 1. The molecule has 0 N–H and O–H groups in total. The number of carbonyl (C=O) groups excluding carboxylic acids is 1. The van der Waals surface area contributed by atoms with Gasteiger partial charge in [0.05, 0.1) is 5.56 Å². The average molecular weight is 353 g/mol. The molecule has 1 aromatic carbocycles. The highest BCUT2D eigenvalue weighted by molar-refractivity contribution is 6.00. The number of fused-ring (bicyclic) bond motifs is 3. The van der Waals surface area contributed by atoms with Gasteiger partial charge in [-0.1, -0.05) is 0 Å². The largest absolute Gasteiger partial charge is 0.416 e. The van der Waals surface area contributed by atoms with Crippen LogP contribution in [0.4, 0.5) is 18.9 Å². The lowest BCUT2D eigenvalue weighted by Crippen LogP contribution is -2.44. The fourth-order valence-electron chi connectivity index (χ4n) is 4.43. The summed E-state index contributed by atoms with van der Waals surface area (Å²) in [6.07, 6.45) is -3.48. The third-order valence-electron chi connectivity index (χ3n) is 5.83. The number of nitrogens with zero attached hydrogens (tertiary/aromatic N) is 3. The first-order valence-electron chi connectivity index (χ1n) is 8.68. The van der Waals surface area contributed by atoms with E-state index in [2.05, 4.69) is 11.9 Å². The number of likely N-dealkylation sites (tertiary alicyclic amines) is 1. The van der Waals surface area contributed by atoms with Crippen LogP contribution in [0.1, 0.15) is 41.8 Å². The van der Waals surface area contributed by atoms with Gasteiger partial charge in [-0.15, -0.1) is 0 Å². The topological polar surface area (TPSA) is 26.8 Å². The van der Waals surface area contributed by atoms with Crippen molar-refractivity contribution >= 4 is 11.6 Å².